The van der Waals surface area contributed by atoms with Gasteiger partial charge in [-0.15, -0.1) is 0 Å². The van der Waals surface area contributed by atoms with Crippen LogP contribution in [0.4, 0.5) is 5.69 Å². The van der Waals surface area contributed by atoms with Crippen molar-refractivity contribution in [2.24, 2.45) is 4.99 Å². The number of halogens is 1. The molecular weight excluding hydrogens is 306 g/mol. The van der Waals surface area contributed by atoms with E-state index in [-0.39, 0.29) is 0 Å². The van der Waals surface area contributed by atoms with Crippen molar-refractivity contribution in [1.29, 1.82) is 5.26 Å². The van der Waals surface area contributed by atoms with Gasteiger partial charge in [0.2, 0.25) is 0 Å². The van der Waals surface area contributed by atoms with Crippen LogP contribution in [0.3, 0.4) is 0 Å². The lowest BCUT2D eigenvalue weighted by atomic mass is 10.3. The van der Waals surface area contributed by atoms with Gasteiger partial charge in [-0.05, 0) is 36.6 Å². The normalized spacial score (nSPS) is 10.8. The van der Waals surface area contributed by atoms with Gasteiger partial charge in [0, 0.05) is 5.02 Å². The van der Waals surface area contributed by atoms with E-state index in [2.05, 4.69) is 10.3 Å². The van der Waals surface area contributed by atoms with Gasteiger partial charge in [0.25, 0.3) is 0 Å². The zero-order valence-corrected chi connectivity index (χ0v) is 12.8. The Kier molecular flexibility index (Phi) is 5.50. The van der Waals surface area contributed by atoms with E-state index in [1.165, 1.54) is 11.8 Å². The van der Waals surface area contributed by atoms with Crippen LogP contribution < -0.4 is 10.1 Å². The summed E-state index contributed by atoms with van der Waals surface area (Å²) in [5, 5.41) is 12.2. The van der Waals surface area contributed by atoms with Gasteiger partial charge in [-0.1, -0.05) is 41.6 Å². The van der Waals surface area contributed by atoms with E-state index in [4.69, 9.17) is 21.6 Å². The van der Waals surface area contributed by atoms with Crippen LogP contribution in [0, 0.1) is 11.5 Å². The largest absolute Gasteiger partial charge is 0.455 e. The van der Waals surface area contributed by atoms with Gasteiger partial charge in [-0.2, -0.15) is 5.26 Å². The van der Waals surface area contributed by atoms with Crippen LogP contribution in [0.15, 0.2) is 53.5 Å². The second-order valence-corrected chi connectivity index (χ2v) is 5.12. The first-order chi connectivity index (χ1) is 10.2. The lowest BCUT2D eigenvalue weighted by Crippen LogP contribution is -2.12. The zero-order valence-electron chi connectivity index (χ0n) is 11.2. The lowest BCUT2D eigenvalue weighted by molar-refractivity contribution is 0.484. The summed E-state index contributed by atoms with van der Waals surface area (Å²) in [6.07, 6.45) is 3.67. The highest BCUT2D eigenvalue weighted by atomic mass is 35.5. The van der Waals surface area contributed by atoms with Crippen molar-refractivity contribution in [3.63, 3.8) is 0 Å². The third kappa shape index (κ3) is 4.42. The minimum Gasteiger partial charge on any atom is -0.455 e. The van der Waals surface area contributed by atoms with Crippen molar-refractivity contribution in [2.75, 3.05) is 6.26 Å². The molecule has 0 heterocycles. The number of thioether (sulfide) groups is 1. The highest BCUT2D eigenvalue weighted by molar-refractivity contribution is 8.13. The number of benzene rings is 2. The van der Waals surface area contributed by atoms with E-state index in [0.29, 0.717) is 27.4 Å². The molecule has 2 rings (SSSR count). The molecule has 1 N–H and O–H groups in total. The summed E-state index contributed by atoms with van der Waals surface area (Å²) >= 11 is 7.33. The van der Waals surface area contributed by atoms with Crippen LogP contribution in [-0.2, 0) is 0 Å². The molecule has 0 aliphatic carbocycles. The molecule has 2 aromatic rings. The molecule has 21 heavy (non-hydrogen) atoms. The van der Waals surface area contributed by atoms with Gasteiger partial charge in [-0.25, -0.2) is 4.99 Å². The highest BCUT2D eigenvalue weighted by Crippen LogP contribution is 2.34. The van der Waals surface area contributed by atoms with Gasteiger partial charge in [0.05, 0.1) is 0 Å². The second kappa shape index (κ2) is 7.58. The van der Waals surface area contributed by atoms with Crippen molar-refractivity contribution in [2.45, 2.75) is 0 Å². The molecule has 0 fully saturated rings. The molecule has 0 saturated carbocycles. The number of amidine groups is 1. The Morgan fingerprint density at radius 2 is 2.05 bits per heavy atom. The van der Waals surface area contributed by atoms with Gasteiger partial charge >= 0.3 is 0 Å². The summed E-state index contributed by atoms with van der Waals surface area (Å²) < 4.78 is 5.80. The number of rotatable bonds is 3. The number of para-hydroxylation sites is 1. The van der Waals surface area contributed by atoms with E-state index in [1.54, 1.807) is 18.2 Å². The molecule has 0 aromatic heterocycles. The topological polar surface area (TPSA) is 57.4 Å². The van der Waals surface area contributed by atoms with E-state index < -0.39 is 0 Å². The lowest BCUT2D eigenvalue weighted by Gasteiger charge is -2.09. The molecule has 106 valence electrons. The van der Waals surface area contributed by atoms with Crippen molar-refractivity contribution in [3.8, 4) is 17.7 Å². The molecule has 0 aliphatic heterocycles. The number of nitriles is 1. The van der Waals surface area contributed by atoms with Gasteiger partial charge in [0.15, 0.2) is 17.1 Å². The molecule has 0 radical (unpaired) electrons. The SMILES string of the molecule is CSC(=Nc1cc(Cl)ccc1Oc1ccccc1)NC#N. The molecule has 0 saturated heterocycles. The molecule has 0 amide bonds. The van der Waals surface area contributed by atoms with Crippen LogP contribution in [-0.4, -0.2) is 11.4 Å². The average molecular weight is 318 g/mol. The predicted molar refractivity (Wildman–Crippen MR) is 87.3 cm³/mol. The summed E-state index contributed by atoms with van der Waals surface area (Å²) in [7, 11) is 0. The molecule has 0 aliphatic rings. The standard InChI is InChI=1S/C15H12ClN3OS/c1-21-15(18-10-17)19-13-9-11(16)7-8-14(13)20-12-5-3-2-4-6-12/h2-9H,1H3,(H,18,19). The summed E-state index contributed by atoms with van der Waals surface area (Å²) in [5.41, 5.74) is 0.554. The summed E-state index contributed by atoms with van der Waals surface area (Å²) in [4.78, 5) is 4.36. The molecule has 4 nitrogen and oxygen atoms in total. The van der Waals surface area contributed by atoms with Crippen molar-refractivity contribution in [3.05, 3.63) is 53.6 Å². The Bertz CT molecular complexity index is 683. The summed E-state index contributed by atoms with van der Waals surface area (Å²) in [5.74, 6) is 1.27. The van der Waals surface area contributed by atoms with E-state index in [1.807, 2.05) is 42.8 Å². The van der Waals surface area contributed by atoms with Crippen LogP contribution in [0.5, 0.6) is 11.5 Å². The number of hydrogen-bond acceptors (Lipinski definition) is 4. The van der Waals surface area contributed by atoms with Gasteiger partial charge < -0.3 is 4.74 Å². The maximum Gasteiger partial charge on any atom is 0.183 e. The first-order valence-corrected chi connectivity index (χ1v) is 7.63. The van der Waals surface area contributed by atoms with Crippen LogP contribution in [0.25, 0.3) is 0 Å². The van der Waals surface area contributed by atoms with Crippen molar-refractivity contribution in [1.82, 2.24) is 5.32 Å². The third-order valence-corrected chi connectivity index (χ3v) is 3.29. The molecule has 0 atom stereocenters. The number of hydrogen-bond donors (Lipinski definition) is 1. The van der Waals surface area contributed by atoms with E-state index >= 15 is 0 Å². The second-order valence-electron chi connectivity index (χ2n) is 3.89. The Morgan fingerprint density at radius 1 is 1.29 bits per heavy atom. The number of nitrogens with zero attached hydrogens (tertiary/aromatic N) is 2. The first-order valence-electron chi connectivity index (χ1n) is 6.03. The third-order valence-electron chi connectivity index (χ3n) is 2.47. The number of aliphatic imine (C=N–C) groups is 1. The maximum absolute atomic E-state index is 8.69. The zero-order chi connectivity index (χ0) is 15.1. The molecule has 0 spiro atoms. The van der Waals surface area contributed by atoms with Gasteiger partial charge in [-0.3, -0.25) is 5.32 Å². The first kappa shape index (κ1) is 15.2. The fraction of sp³-hybridized carbons (Fsp3) is 0.0667. The van der Waals surface area contributed by atoms with Crippen LogP contribution in [0.2, 0.25) is 5.02 Å². The Balaban J connectivity index is 2.36. The fourth-order valence-corrected chi connectivity index (χ4v) is 2.07. The predicted octanol–water partition coefficient (Wildman–Crippen LogP) is 4.55. The Hall–Kier alpha value is -2.16. The number of nitrogens with one attached hydrogen (secondary N) is 1. The molecule has 6 heteroatoms. The van der Waals surface area contributed by atoms with Crippen molar-refractivity contribution < 1.29 is 4.74 Å². The number of ether oxygens (including phenoxy) is 1. The van der Waals surface area contributed by atoms with E-state index in [0.717, 1.165) is 0 Å². The summed E-state index contributed by atoms with van der Waals surface area (Å²) in [6, 6.07) is 14.6. The van der Waals surface area contributed by atoms with E-state index in [9.17, 15) is 0 Å². The monoisotopic (exact) mass is 317 g/mol. The Labute approximate surface area is 132 Å². The maximum atomic E-state index is 8.69. The molecule has 2 aromatic carbocycles. The average Bonchev–Trinajstić information content (AvgIpc) is 2.50. The molecule has 0 bridgehead atoms. The fourth-order valence-electron chi connectivity index (χ4n) is 1.56. The highest BCUT2D eigenvalue weighted by Gasteiger charge is 2.07. The summed E-state index contributed by atoms with van der Waals surface area (Å²) in [6.45, 7) is 0. The quantitative estimate of drug-likeness (QED) is 0.390. The van der Waals surface area contributed by atoms with Crippen LogP contribution >= 0.6 is 23.4 Å². The van der Waals surface area contributed by atoms with Crippen molar-refractivity contribution >= 4 is 34.2 Å². The minimum atomic E-state index is 0.470. The molecule has 0 unspecified atom stereocenters. The Morgan fingerprint density at radius 3 is 2.71 bits per heavy atom. The van der Waals surface area contributed by atoms with Gasteiger partial charge in [0.1, 0.15) is 11.4 Å². The van der Waals surface area contributed by atoms with Crippen LogP contribution in [0.1, 0.15) is 0 Å². The molecular formula is C15H12ClN3OS. The minimum absolute atomic E-state index is 0.470. The smallest absolute Gasteiger partial charge is 0.183 e.